The molecule has 1 saturated heterocycles. The number of amides is 1. The van der Waals surface area contributed by atoms with E-state index in [1.807, 2.05) is 0 Å². The SMILES string of the molecule is O=C(O)c1ccc(CNC(=O)C2CNCCO2)cn1. The van der Waals surface area contributed by atoms with Crippen LogP contribution in [0.1, 0.15) is 16.1 Å². The van der Waals surface area contributed by atoms with Gasteiger partial charge in [0.05, 0.1) is 6.61 Å². The molecule has 19 heavy (non-hydrogen) atoms. The quantitative estimate of drug-likeness (QED) is 0.671. The molecule has 2 heterocycles. The van der Waals surface area contributed by atoms with E-state index in [0.29, 0.717) is 19.7 Å². The molecule has 1 aliphatic rings. The summed E-state index contributed by atoms with van der Waals surface area (Å²) in [5.74, 6) is -1.26. The van der Waals surface area contributed by atoms with Crippen LogP contribution in [0.25, 0.3) is 0 Å². The van der Waals surface area contributed by atoms with Crippen molar-refractivity contribution < 1.29 is 19.4 Å². The number of nitrogens with one attached hydrogen (secondary N) is 2. The molecule has 1 aliphatic heterocycles. The molecule has 0 radical (unpaired) electrons. The van der Waals surface area contributed by atoms with Gasteiger partial charge in [-0.1, -0.05) is 6.07 Å². The molecule has 3 N–H and O–H groups in total. The topological polar surface area (TPSA) is 101 Å². The highest BCUT2D eigenvalue weighted by molar-refractivity contribution is 5.85. The summed E-state index contributed by atoms with van der Waals surface area (Å²) < 4.78 is 5.31. The first kappa shape index (κ1) is 13.4. The second kappa shape index (κ2) is 6.26. The molecule has 0 bridgehead atoms. The molecule has 7 heteroatoms. The highest BCUT2D eigenvalue weighted by atomic mass is 16.5. The first-order valence-corrected chi connectivity index (χ1v) is 5.95. The summed E-state index contributed by atoms with van der Waals surface area (Å²) in [5, 5.41) is 14.5. The van der Waals surface area contributed by atoms with Crippen molar-refractivity contribution in [3.63, 3.8) is 0 Å². The summed E-state index contributed by atoms with van der Waals surface area (Å²) in [6.45, 7) is 2.07. The van der Waals surface area contributed by atoms with Crippen LogP contribution in [0, 0.1) is 0 Å². The summed E-state index contributed by atoms with van der Waals surface area (Å²) in [6.07, 6.45) is 0.962. The van der Waals surface area contributed by atoms with Crippen LogP contribution in [0.15, 0.2) is 18.3 Å². The van der Waals surface area contributed by atoms with Crippen LogP contribution < -0.4 is 10.6 Å². The number of carboxylic acid groups (broad SMARTS) is 1. The maximum Gasteiger partial charge on any atom is 0.354 e. The van der Waals surface area contributed by atoms with Gasteiger partial charge in [0, 0.05) is 25.8 Å². The number of aromatic carboxylic acids is 1. The number of carboxylic acids is 1. The molecule has 1 aromatic heterocycles. The highest BCUT2D eigenvalue weighted by Crippen LogP contribution is 2.01. The zero-order chi connectivity index (χ0) is 13.7. The van der Waals surface area contributed by atoms with Gasteiger partial charge in [0.15, 0.2) is 0 Å². The molecule has 2 rings (SSSR count). The summed E-state index contributed by atoms with van der Waals surface area (Å²) in [7, 11) is 0. The third-order valence-corrected chi connectivity index (χ3v) is 2.73. The van der Waals surface area contributed by atoms with Crippen molar-refractivity contribution in [1.29, 1.82) is 0 Å². The predicted molar refractivity (Wildman–Crippen MR) is 65.7 cm³/mol. The van der Waals surface area contributed by atoms with Crippen LogP contribution in [0.5, 0.6) is 0 Å². The van der Waals surface area contributed by atoms with Gasteiger partial charge >= 0.3 is 5.97 Å². The lowest BCUT2D eigenvalue weighted by Gasteiger charge is -2.22. The number of carbonyl (C=O) groups is 2. The molecule has 1 atom stereocenters. The van der Waals surface area contributed by atoms with Crippen molar-refractivity contribution in [2.75, 3.05) is 19.7 Å². The molecule has 1 amide bonds. The fourth-order valence-corrected chi connectivity index (χ4v) is 1.69. The number of hydrogen-bond acceptors (Lipinski definition) is 5. The fourth-order valence-electron chi connectivity index (χ4n) is 1.69. The Kier molecular flexibility index (Phi) is 4.43. The van der Waals surface area contributed by atoms with Crippen LogP contribution in [0.3, 0.4) is 0 Å². The number of nitrogens with zero attached hydrogens (tertiary/aromatic N) is 1. The minimum absolute atomic E-state index is 0.0186. The Morgan fingerprint density at radius 3 is 2.95 bits per heavy atom. The molecule has 1 aromatic rings. The number of hydrogen-bond donors (Lipinski definition) is 3. The van der Waals surface area contributed by atoms with E-state index in [4.69, 9.17) is 9.84 Å². The van der Waals surface area contributed by atoms with Gasteiger partial charge in [0.1, 0.15) is 11.8 Å². The van der Waals surface area contributed by atoms with E-state index in [9.17, 15) is 9.59 Å². The van der Waals surface area contributed by atoms with Gasteiger partial charge in [0.2, 0.25) is 0 Å². The number of aromatic nitrogens is 1. The third-order valence-electron chi connectivity index (χ3n) is 2.73. The zero-order valence-corrected chi connectivity index (χ0v) is 10.3. The van der Waals surface area contributed by atoms with E-state index in [0.717, 1.165) is 12.1 Å². The van der Waals surface area contributed by atoms with Crippen LogP contribution in [0.2, 0.25) is 0 Å². The lowest BCUT2D eigenvalue weighted by Crippen LogP contribution is -2.47. The van der Waals surface area contributed by atoms with Crippen LogP contribution >= 0.6 is 0 Å². The number of morpholine rings is 1. The molecule has 102 valence electrons. The predicted octanol–water partition coefficient (Wildman–Crippen LogP) is -0.616. The average Bonchev–Trinajstić information content (AvgIpc) is 2.46. The largest absolute Gasteiger partial charge is 0.477 e. The van der Waals surface area contributed by atoms with E-state index < -0.39 is 12.1 Å². The molecule has 1 fully saturated rings. The Balaban J connectivity index is 1.84. The number of carbonyl (C=O) groups excluding carboxylic acids is 1. The maximum absolute atomic E-state index is 11.8. The molecule has 1 unspecified atom stereocenters. The number of pyridine rings is 1. The van der Waals surface area contributed by atoms with Gasteiger partial charge in [-0.2, -0.15) is 0 Å². The third kappa shape index (κ3) is 3.73. The zero-order valence-electron chi connectivity index (χ0n) is 10.3. The molecule has 0 aliphatic carbocycles. The van der Waals surface area contributed by atoms with Crippen LogP contribution in [-0.2, 0) is 16.1 Å². The molecule has 0 saturated carbocycles. The molecule has 0 aromatic carbocycles. The average molecular weight is 265 g/mol. The Bertz CT molecular complexity index is 455. The maximum atomic E-state index is 11.8. The van der Waals surface area contributed by atoms with E-state index in [-0.39, 0.29) is 11.6 Å². The number of ether oxygens (including phenoxy) is 1. The van der Waals surface area contributed by atoms with Crippen molar-refractivity contribution in [2.45, 2.75) is 12.6 Å². The molecular weight excluding hydrogens is 250 g/mol. The first-order chi connectivity index (χ1) is 9.16. The summed E-state index contributed by atoms with van der Waals surface area (Å²) in [4.78, 5) is 26.2. The summed E-state index contributed by atoms with van der Waals surface area (Å²) in [5.41, 5.74) is 0.719. The van der Waals surface area contributed by atoms with Crippen LogP contribution in [-0.4, -0.2) is 47.8 Å². The van der Waals surface area contributed by atoms with Crippen LogP contribution in [0.4, 0.5) is 0 Å². The first-order valence-electron chi connectivity index (χ1n) is 5.95. The van der Waals surface area contributed by atoms with E-state index in [2.05, 4.69) is 15.6 Å². The van der Waals surface area contributed by atoms with Gasteiger partial charge < -0.3 is 20.5 Å². The second-order valence-corrected chi connectivity index (χ2v) is 4.14. The Hall–Kier alpha value is -1.99. The Labute approximate surface area is 110 Å². The lowest BCUT2D eigenvalue weighted by atomic mass is 10.2. The Morgan fingerprint density at radius 2 is 2.37 bits per heavy atom. The van der Waals surface area contributed by atoms with E-state index in [1.165, 1.54) is 12.3 Å². The minimum atomic E-state index is -1.07. The minimum Gasteiger partial charge on any atom is -0.477 e. The van der Waals surface area contributed by atoms with Gasteiger partial charge in [-0.15, -0.1) is 0 Å². The summed E-state index contributed by atoms with van der Waals surface area (Å²) >= 11 is 0. The van der Waals surface area contributed by atoms with Gasteiger partial charge in [-0.05, 0) is 11.6 Å². The highest BCUT2D eigenvalue weighted by Gasteiger charge is 2.21. The van der Waals surface area contributed by atoms with E-state index >= 15 is 0 Å². The fraction of sp³-hybridized carbons (Fsp3) is 0.417. The second-order valence-electron chi connectivity index (χ2n) is 4.14. The van der Waals surface area contributed by atoms with Crippen molar-refractivity contribution >= 4 is 11.9 Å². The van der Waals surface area contributed by atoms with Crippen molar-refractivity contribution in [3.8, 4) is 0 Å². The van der Waals surface area contributed by atoms with Crippen molar-refractivity contribution in [1.82, 2.24) is 15.6 Å². The molecule has 7 nitrogen and oxygen atoms in total. The lowest BCUT2D eigenvalue weighted by molar-refractivity contribution is -0.134. The van der Waals surface area contributed by atoms with Gasteiger partial charge in [0.25, 0.3) is 5.91 Å². The van der Waals surface area contributed by atoms with E-state index in [1.54, 1.807) is 6.07 Å². The van der Waals surface area contributed by atoms with Crippen molar-refractivity contribution in [3.05, 3.63) is 29.6 Å². The van der Waals surface area contributed by atoms with Gasteiger partial charge in [-0.25, -0.2) is 9.78 Å². The normalized spacial score (nSPS) is 18.8. The molecular formula is C12H15N3O4. The summed E-state index contributed by atoms with van der Waals surface area (Å²) in [6, 6.07) is 3.03. The van der Waals surface area contributed by atoms with Gasteiger partial charge in [-0.3, -0.25) is 4.79 Å². The Morgan fingerprint density at radius 1 is 1.53 bits per heavy atom. The van der Waals surface area contributed by atoms with Crippen molar-refractivity contribution in [2.24, 2.45) is 0 Å². The smallest absolute Gasteiger partial charge is 0.354 e. The monoisotopic (exact) mass is 265 g/mol. The standard InChI is InChI=1S/C12H15N3O4/c16-11(10-7-13-3-4-19-10)15-6-8-1-2-9(12(17)18)14-5-8/h1-2,5,10,13H,3-4,6-7H2,(H,15,16)(H,17,18). The molecule has 0 spiro atoms. The number of rotatable bonds is 4.